The zero-order valence-electron chi connectivity index (χ0n) is 12.5. The second kappa shape index (κ2) is 6.70. The summed E-state index contributed by atoms with van der Waals surface area (Å²) < 4.78 is 0. The van der Waals surface area contributed by atoms with Crippen LogP contribution in [0.1, 0.15) is 24.8 Å². The monoisotopic (exact) mass is 294 g/mol. The number of Topliss-reactive ketones (excluding diaryl/α,β-unsaturated/α-hetero) is 1. The van der Waals surface area contributed by atoms with Gasteiger partial charge in [0.15, 0.2) is 0 Å². The summed E-state index contributed by atoms with van der Waals surface area (Å²) in [4.78, 5) is 16.6. The van der Waals surface area contributed by atoms with Crippen LogP contribution in [0, 0.1) is 0 Å². The molecular weight excluding hydrogens is 272 g/mol. The van der Waals surface area contributed by atoms with Crippen LogP contribution in [0.15, 0.2) is 24.3 Å². The molecule has 0 radical (unpaired) electrons. The summed E-state index contributed by atoms with van der Waals surface area (Å²) in [5, 5.41) is 0.713. The second-order valence-corrected chi connectivity index (χ2v) is 6.32. The van der Waals surface area contributed by atoms with Crippen LogP contribution in [0.4, 0.5) is 0 Å². The lowest BCUT2D eigenvalue weighted by atomic mass is 9.95. The first-order valence-corrected chi connectivity index (χ1v) is 7.50. The summed E-state index contributed by atoms with van der Waals surface area (Å²) in [6, 6.07) is 8.26. The molecule has 0 amide bonds. The molecule has 3 nitrogen and oxygen atoms in total. The van der Waals surface area contributed by atoms with Gasteiger partial charge in [-0.25, -0.2) is 0 Å². The van der Waals surface area contributed by atoms with Crippen molar-refractivity contribution >= 4 is 17.4 Å². The van der Waals surface area contributed by atoms with Crippen LogP contribution in [0.3, 0.4) is 0 Å². The number of hydrogen-bond acceptors (Lipinski definition) is 3. The van der Waals surface area contributed by atoms with E-state index in [4.69, 9.17) is 11.6 Å². The number of rotatable bonds is 5. The van der Waals surface area contributed by atoms with Crippen molar-refractivity contribution in [2.45, 2.75) is 25.3 Å². The fraction of sp³-hybridized carbons (Fsp3) is 0.562. The van der Waals surface area contributed by atoms with Crippen molar-refractivity contribution in [2.75, 3.05) is 33.7 Å². The second-order valence-electron chi connectivity index (χ2n) is 5.88. The molecule has 1 aliphatic heterocycles. The van der Waals surface area contributed by atoms with Crippen LogP contribution in [0.2, 0.25) is 5.02 Å². The first-order valence-electron chi connectivity index (χ1n) is 7.12. The van der Waals surface area contributed by atoms with Crippen molar-refractivity contribution in [3.63, 3.8) is 0 Å². The Hall–Kier alpha value is -0.900. The first-order chi connectivity index (χ1) is 9.47. The van der Waals surface area contributed by atoms with Crippen molar-refractivity contribution < 1.29 is 4.79 Å². The maximum atomic E-state index is 12.0. The number of likely N-dealkylation sites (N-methyl/N-ethyl adjacent to an activating group) is 1. The van der Waals surface area contributed by atoms with Gasteiger partial charge in [-0.15, -0.1) is 0 Å². The molecule has 1 aromatic carbocycles. The van der Waals surface area contributed by atoms with Gasteiger partial charge in [-0.3, -0.25) is 4.79 Å². The Balaban J connectivity index is 2.04. The van der Waals surface area contributed by atoms with Crippen molar-refractivity contribution in [1.82, 2.24) is 9.80 Å². The normalized spacial score (nSPS) is 21.4. The Morgan fingerprint density at radius 1 is 1.40 bits per heavy atom. The maximum Gasteiger partial charge on any atom is 0.138 e. The van der Waals surface area contributed by atoms with Gasteiger partial charge < -0.3 is 9.80 Å². The molecule has 0 saturated carbocycles. The van der Waals surface area contributed by atoms with E-state index in [-0.39, 0.29) is 11.7 Å². The fourth-order valence-corrected chi connectivity index (χ4v) is 2.95. The third kappa shape index (κ3) is 3.81. The van der Waals surface area contributed by atoms with E-state index >= 15 is 0 Å². The van der Waals surface area contributed by atoms with E-state index in [2.05, 4.69) is 23.9 Å². The third-order valence-electron chi connectivity index (χ3n) is 4.18. The third-order valence-corrected chi connectivity index (χ3v) is 4.43. The molecule has 2 atom stereocenters. The highest BCUT2D eigenvalue weighted by Gasteiger charge is 2.27. The van der Waals surface area contributed by atoms with Gasteiger partial charge in [-0.05, 0) is 51.7 Å². The SMILES string of the molecule is CC(=O)[C@H](CN1CC[C@H](N(C)C)C1)c1ccc(Cl)cc1. The van der Waals surface area contributed by atoms with Gasteiger partial charge in [0.05, 0.1) is 5.92 Å². The predicted molar refractivity (Wildman–Crippen MR) is 83.4 cm³/mol. The Bertz CT molecular complexity index is 458. The predicted octanol–water partition coefficient (Wildman–Crippen LogP) is 2.65. The molecule has 2 rings (SSSR count). The van der Waals surface area contributed by atoms with Crippen LogP contribution < -0.4 is 0 Å². The zero-order chi connectivity index (χ0) is 14.7. The average Bonchev–Trinajstić information content (AvgIpc) is 2.86. The summed E-state index contributed by atoms with van der Waals surface area (Å²) >= 11 is 5.92. The van der Waals surface area contributed by atoms with Gasteiger partial charge in [0.25, 0.3) is 0 Å². The number of halogens is 1. The van der Waals surface area contributed by atoms with Gasteiger partial charge in [0.2, 0.25) is 0 Å². The Morgan fingerprint density at radius 3 is 2.55 bits per heavy atom. The van der Waals surface area contributed by atoms with Gasteiger partial charge in [-0.1, -0.05) is 23.7 Å². The minimum Gasteiger partial charge on any atom is -0.305 e. The number of likely N-dealkylation sites (tertiary alicyclic amines) is 1. The molecule has 20 heavy (non-hydrogen) atoms. The molecule has 1 heterocycles. The molecule has 0 bridgehead atoms. The largest absolute Gasteiger partial charge is 0.305 e. The van der Waals surface area contributed by atoms with Gasteiger partial charge in [0, 0.05) is 24.2 Å². The summed E-state index contributed by atoms with van der Waals surface area (Å²) in [5.74, 6) is 0.175. The van der Waals surface area contributed by atoms with Crippen molar-refractivity contribution in [3.8, 4) is 0 Å². The van der Waals surface area contributed by atoms with E-state index in [1.54, 1.807) is 6.92 Å². The fourth-order valence-electron chi connectivity index (χ4n) is 2.82. The summed E-state index contributed by atoms with van der Waals surface area (Å²) in [6.45, 7) is 4.60. The molecule has 1 fully saturated rings. The molecule has 110 valence electrons. The minimum atomic E-state index is -0.0480. The standard InChI is InChI=1S/C16H23ClN2O/c1-12(20)16(13-4-6-14(17)7-5-13)11-19-9-8-15(10-19)18(2)3/h4-7,15-16H,8-11H2,1-3H3/t15-,16-/m0/s1. The first kappa shape index (κ1) is 15.5. The van der Waals surface area contributed by atoms with Gasteiger partial charge in [-0.2, -0.15) is 0 Å². The highest BCUT2D eigenvalue weighted by molar-refractivity contribution is 6.30. The number of hydrogen-bond donors (Lipinski definition) is 0. The number of ketones is 1. The lowest BCUT2D eigenvalue weighted by molar-refractivity contribution is -0.118. The summed E-state index contributed by atoms with van der Waals surface area (Å²) in [5.41, 5.74) is 1.07. The van der Waals surface area contributed by atoms with Crippen LogP contribution in [-0.2, 0) is 4.79 Å². The van der Waals surface area contributed by atoms with E-state index in [1.807, 2.05) is 24.3 Å². The smallest absolute Gasteiger partial charge is 0.138 e. The number of carbonyl (C=O) groups excluding carboxylic acids is 1. The topological polar surface area (TPSA) is 23.6 Å². The van der Waals surface area contributed by atoms with Gasteiger partial charge >= 0.3 is 0 Å². The Labute approximate surface area is 126 Å². The highest BCUT2D eigenvalue weighted by Crippen LogP contribution is 2.23. The zero-order valence-corrected chi connectivity index (χ0v) is 13.2. The van der Waals surface area contributed by atoms with Crippen LogP contribution in [0.25, 0.3) is 0 Å². The molecule has 0 aromatic heterocycles. The lowest BCUT2D eigenvalue weighted by Gasteiger charge is -2.24. The van der Waals surface area contributed by atoms with E-state index in [0.717, 1.165) is 25.2 Å². The van der Waals surface area contributed by atoms with Gasteiger partial charge in [0.1, 0.15) is 5.78 Å². The van der Waals surface area contributed by atoms with E-state index in [0.29, 0.717) is 11.1 Å². The van der Waals surface area contributed by atoms with Crippen molar-refractivity contribution in [1.29, 1.82) is 0 Å². The molecular formula is C16H23ClN2O. The number of nitrogens with zero attached hydrogens (tertiary/aromatic N) is 2. The Kier molecular flexibility index (Phi) is 5.19. The molecule has 0 unspecified atom stereocenters. The summed E-state index contributed by atoms with van der Waals surface area (Å²) in [6.07, 6.45) is 1.18. The molecule has 0 aliphatic carbocycles. The number of carbonyl (C=O) groups is 1. The molecule has 1 aliphatic rings. The molecule has 1 saturated heterocycles. The van der Waals surface area contributed by atoms with Crippen LogP contribution in [0.5, 0.6) is 0 Å². The molecule has 0 N–H and O–H groups in total. The van der Waals surface area contributed by atoms with Crippen molar-refractivity contribution in [3.05, 3.63) is 34.9 Å². The molecule has 0 spiro atoms. The Morgan fingerprint density at radius 2 is 2.05 bits per heavy atom. The highest BCUT2D eigenvalue weighted by atomic mass is 35.5. The van der Waals surface area contributed by atoms with E-state index in [9.17, 15) is 4.79 Å². The molecule has 4 heteroatoms. The lowest BCUT2D eigenvalue weighted by Crippen LogP contribution is -2.34. The molecule has 1 aromatic rings. The van der Waals surface area contributed by atoms with Crippen LogP contribution >= 0.6 is 11.6 Å². The number of benzene rings is 1. The van der Waals surface area contributed by atoms with Crippen molar-refractivity contribution in [2.24, 2.45) is 0 Å². The minimum absolute atomic E-state index is 0.0480. The van der Waals surface area contributed by atoms with Crippen LogP contribution in [-0.4, -0.2) is 55.4 Å². The van der Waals surface area contributed by atoms with E-state index < -0.39 is 0 Å². The maximum absolute atomic E-state index is 12.0. The summed E-state index contributed by atoms with van der Waals surface area (Å²) in [7, 11) is 4.24. The average molecular weight is 295 g/mol. The van der Waals surface area contributed by atoms with E-state index in [1.165, 1.54) is 6.42 Å². The quantitative estimate of drug-likeness (QED) is 0.834.